The first-order valence-corrected chi connectivity index (χ1v) is 10.8. The van der Waals surface area contributed by atoms with E-state index in [4.69, 9.17) is 37.4 Å². The molecule has 1 N–H and O–H groups in total. The Morgan fingerprint density at radius 3 is 1.45 bits per heavy atom. The van der Waals surface area contributed by atoms with Crippen molar-refractivity contribution in [2.75, 3.05) is 6.61 Å². The number of carbonyl (C=O) groups excluding carboxylic acids is 3. The van der Waals surface area contributed by atoms with Crippen LogP contribution in [-0.4, -0.2) is 61.9 Å². The van der Waals surface area contributed by atoms with Gasteiger partial charge in [-0.15, -0.1) is 0 Å². The number of amides is 2. The Morgan fingerprint density at radius 2 is 1.16 bits per heavy atom. The average molecular weight is 486 g/mol. The molecule has 8 nitrogen and oxygen atoms in total. The molecule has 0 aromatic heterocycles. The molecule has 31 heavy (non-hydrogen) atoms. The molecule has 0 aromatic carbocycles. The maximum atomic E-state index is 13.1. The molecule has 0 saturated heterocycles. The second kappa shape index (κ2) is 10.6. The number of aliphatic hydroxyl groups excluding tert-OH is 1. The molecule has 0 aromatic rings. The number of nitrogens with zero attached hydrogens (tertiary/aromatic N) is 1. The van der Waals surface area contributed by atoms with E-state index in [0.717, 1.165) is 0 Å². The Morgan fingerprint density at radius 1 is 0.806 bits per heavy atom. The van der Waals surface area contributed by atoms with Gasteiger partial charge in [0.15, 0.2) is 0 Å². The first-order valence-electron chi connectivity index (χ1n) is 10.1. The fourth-order valence-electron chi connectivity index (χ4n) is 2.29. The van der Waals surface area contributed by atoms with Gasteiger partial charge in [0, 0.05) is 0 Å². The van der Waals surface area contributed by atoms with E-state index in [1.165, 1.54) is 0 Å². The first kappa shape index (κ1) is 29.8. The van der Waals surface area contributed by atoms with Gasteiger partial charge < -0.3 is 19.3 Å². The highest BCUT2D eigenvalue weighted by Gasteiger charge is 2.45. The molecule has 0 radical (unpaired) electrons. The van der Waals surface area contributed by atoms with Crippen LogP contribution >= 0.6 is 23.2 Å². The van der Waals surface area contributed by atoms with Crippen LogP contribution in [0.25, 0.3) is 0 Å². The van der Waals surface area contributed by atoms with Crippen LogP contribution in [-0.2, 0) is 19.0 Å². The van der Waals surface area contributed by atoms with E-state index >= 15 is 0 Å². The highest BCUT2D eigenvalue weighted by molar-refractivity contribution is 6.48. The number of imide groups is 1. The summed E-state index contributed by atoms with van der Waals surface area (Å²) in [4.78, 5) is 39.6. The van der Waals surface area contributed by atoms with Crippen molar-refractivity contribution >= 4 is 41.4 Å². The van der Waals surface area contributed by atoms with E-state index in [1.807, 2.05) is 0 Å². The molecular weight excluding hydrogens is 449 g/mol. The zero-order valence-electron chi connectivity index (χ0n) is 20.2. The molecular formula is C21H37Cl2NO7. The molecule has 2 atom stereocenters. The van der Waals surface area contributed by atoms with E-state index in [2.05, 4.69) is 0 Å². The van der Waals surface area contributed by atoms with Gasteiger partial charge in [0.05, 0.1) is 6.61 Å². The number of esters is 1. The van der Waals surface area contributed by atoms with Crippen LogP contribution in [0, 0.1) is 5.92 Å². The Kier molecular flexibility index (Phi) is 10.2. The largest absolute Gasteiger partial charge is 0.458 e. The summed E-state index contributed by atoms with van der Waals surface area (Å²) in [5, 5.41) is 9.49. The summed E-state index contributed by atoms with van der Waals surface area (Å²) in [6.45, 7) is 15.7. The van der Waals surface area contributed by atoms with Gasteiger partial charge in [0.2, 0.25) is 0 Å². The van der Waals surface area contributed by atoms with E-state index in [0.29, 0.717) is 4.90 Å². The Bertz CT molecular complexity index is 618. The molecule has 0 unspecified atom stereocenters. The summed E-state index contributed by atoms with van der Waals surface area (Å²) in [6, 6.07) is -1.46. The van der Waals surface area contributed by atoms with Crippen LogP contribution in [0.3, 0.4) is 0 Å². The number of hydrogen-bond donors (Lipinski definition) is 1. The van der Waals surface area contributed by atoms with Crippen molar-refractivity contribution in [2.45, 2.75) is 103 Å². The number of ether oxygens (including phenoxy) is 3. The van der Waals surface area contributed by atoms with Gasteiger partial charge in [-0.25, -0.2) is 14.4 Å². The second-order valence-corrected chi connectivity index (χ2v) is 12.0. The van der Waals surface area contributed by atoms with Crippen LogP contribution in [0.2, 0.25) is 0 Å². The summed E-state index contributed by atoms with van der Waals surface area (Å²) in [6.07, 6.45) is -2.35. The summed E-state index contributed by atoms with van der Waals surface area (Å²) in [5.41, 5.74) is -2.80. The van der Waals surface area contributed by atoms with Crippen LogP contribution in [0.5, 0.6) is 0 Å². The number of hydrogen-bond acceptors (Lipinski definition) is 7. The number of carbonyl (C=O) groups is 3. The second-order valence-electron chi connectivity index (χ2n) is 10.4. The van der Waals surface area contributed by atoms with Gasteiger partial charge in [0.1, 0.15) is 27.2 Å². The molecule has 0 heterocycles. The topological polar surface area (TPSA) is 102 Å². The van der Waals surface area contributed by atoms with Gasteiger partial charge in [0.25, 0.3) is 0 Å². The molecule has 0 aliphatic rings. The number of rotatable bonds is 6. The molecule has 0 aliphatic heterocycles. The van der Waals surface area contributed by atoms with Crippen molar-refractivity contribution in [1.29, 1.82) is 0 Å². The zero-order valence-corrected chi connectivity index (χ0v) is 21.7. The quantitative estimate of drug-likeness (QED) is 0.318. The summed E-state index contributed by atoms with van der Waals surface area (Å²) in [5.74, 6) is -1.58. The van der Waals surface area contributed by atoms with Crippen molar-refractivity contribution < 1.29 is 33.7 Å². The molecule has 0 bridgehead atoms. The lowest BCUT2D eigenvalue weighted by Gasteiger charge is -2.36. The molecule has 10 heteroatoms. The van der Waals surface area contributed by atoms with Crippen molar-refractivity contribution in [3.63, 3.8) is 0 Å². The normalized spacial score (nSPS) is 15.0. The van der Waals surface area contributed by atoms with Gasteiger partial charge in [-0.3, -0.25) is 0 Å². The van der Waals surface area contributed by atoms with E-state index in [-0.39, 0.29) is 6.42 Å². The molecule has 0 fully saturated rings. The van der Waals surface area contributed by atoms with Crippen LogP contribution < -0.4 is 0 Å². The highest BCUT2D eigenvalue weighted by atomic mass is 35.5. The smallest absolute Gasteiger partial charge is 0.420 e. The maximum absolute atomic E-state index is 13.1. The average Bonchev–Trinajstić information content (AvgIpc) is 2.48. The van der Waals surface area contributed by atoms with E-state index in [9.17, 15) is 19.5 Å². The molecule has 182 valence electrons. The lowest BCUT2D eigenvalue weighted by molar-refractivity contribution is -0.161. The van der Waals surface area contributed by atoms with Crippen molar-refractivity contribution in [1.82, 2.24) is 4.90 Å². The fourth-order valence-corrected chi connectivity index (χ4v) is 2.47. The van der Waals surface area contributed by atoms with Gasteiger partial charge >= 0.3 is 18.2 Å². The van der Waals surface area contributed by atoms with Crippen molar-refractivity contribution in [3.8, 4) is 0 Å². The zero-order chi connectivity index (χ0) is 25.0. The van der Waals surface area contributed by atoms with Crippen LogP contribution in [0.1, 0.15) is 75.7 Å². The minimum absolute atomic E-state index is 0.193. The fraction of sp³-hybridized carbons (Fsp3) is 0.857. The monoisotopic (exact) mass is 485 g/mol. The number of aliphatic hydroxyl groups is 1. The lowest BCUT2D eigenvalue weighted by Crippen LogP contribution is -2.54. The maximum Gasteiger partial charge on any atom is 0.420 e. The van der Waals surface area contributed by atoms with E-state index in [1.54, 1.807) is 69.2 Å². The Hall–Kier alpha value is -1.25. The van der Waals surface area contributed by atoms with Crippen LogP contribution in [0.4, 0.5) is 9.59 Å². The summed E-state index contributed by atoms with van der Waals surface area (Å²) >= 11 is 12.3. The minimum Gasteiger partial charge on any atom is -0.458 e. The van der Waals surface area contributed by atoms with Crippen molar-refractivity contribution in [3.05, 3.63) is 0 Å². The Labute approximate surface area is 195 Å². The third kappa shape index (κ3) is 11.3. The van der Waals surface area contributed by atoms with Gasteiger partial charge in [-0.05, 0) is 74.7 Å². The Balaban J connectivity index is 6.35. The van der Waals surface area contributed by atoms with Gasteiger partial charge in [-0.2, -0.15) is 4.90 Å². The lowest BCUT2D eigenvalue weighted by atomic mass is 9.96. The van der Waals surface area contributed by atoms with Crippen LogP contribution in [0.15, 0.2) is 0 Å². The number of alkyl halides is 2. The van der Waals surface area contributed by atoms with Gasteiger partial charge in [-0.1, -0.05) is 30.1 Å². The van der Waals surface area contributed by atoms with Crippen molar-refractivity contribution in [2.24, 2.45) is 5.92 Å². The molecule has 0 saturated carbocycles. The summed E-state index contributed by atoms with van der Waals surface area (Å²) in [7, 11) is 0. The SMILES string of the molecule is C[C@@H](C[C@@H](C(=O)OC(C)(C)C)N(C(=O)OC(C)(C)C)C(=O)OC(C)(C)C)C(Cl)(Cl)CO. The predicted molar refractivity (Wildman–Crippen MR) is 119 cm³/mol. The third-order valence-electron chi connectivity index (χ3n) is 3.68. The minimum atomic E-state index is -1.62. The predicted octanol–water partition coefficient (Wildman–Crippen LogP) is 5.06. The third-order valence-corrected chi connectivity index (χ3v) is 4.66. The molecule has 2 amide bonds. The van der Waals surface area contributed by atoms with E-state index < -0.39 is 57.9 Å². The highest BCUT2D eigenvalue weighted by Crippen LogP contribution is 2.35. The first-order chi connectivity index (χ1) is 13.6. The number of halogens is 2. The standard InChI is InChI=1S/C21H37Cl2NO7/c1-13(21(22,23)12-25)11-14(15(26)29-18(2,3)4)24(16(27)30-19(5,6)7)17(28)31-20(8,9)10/h13-14,25H,11-12H2,1-10H3/t13-,14-/m0/s1. The summed E-state index contributed by atoms with van der Waals surface area (Å²) < 4.78 is 14.5. The molecule has 0 aliphatic carbocycles. The molecule has 0 rings (SSSR count). The molecule has 0 spiro atoms.